The maximum atomic E-state index is 13.9. The van der Waals surface area contributed by atoms with Crippen LogP contribution in [0.3, 0.4) is 0 Å². The van der Waals surface area contributed by atoms with E-state index in [9.17, 15) is 30.7 Å². The summed E-state index contributed by atoms with van der Waals surface area (Å²) in [5, 5.41) is 0. The number of alkyl halides is 6. The van der Waals surface area contributed by atoms with Crippen LogP contribution in [0.25, 0.3) is 0 Å². The molecule has 0 fully saturated rings. The Labute approximate surface area is 123 Å². The van der Waals surface area contributed by atoms with E-state index in [0.717, 1.165) is 6.42 Å². The zero-order valence-electron chi connectivity index (χ0n) is 11.8. The third-order valence-corrected chi connectivity index (χ3v) is 3.25. The van der Waals surface area contributed by atoms with Gasteiger partial charge in [0.15, 0.2) is 0 Å². The fourth-order valence-corrected chi connectivity index (χ4v) is 2.15. The lowest BCUT2D eigenvalue weighted by Crippen LogP contribution is -2.21. The Balaban J connectivity index is 3.31. The predicted molar refractivity (Wildman–Crippen MR) is 67.5 cm³/mol. The van der Waals surface area contributed by atoms with Crippen LogP contribution in [-0.4, -0.2) is 0 Å². The molecule has 0 radical (unpaired) electrons. The molecule has 0 aliphatic rings. The molecule has 22 heavy (non-hydrogen) atoms. The highest BCUT2D eigenvalue weighted by Crippen LogP contribution is 2.40. The SMILES string of the molecule is CCCCC[C@@H](N)c1c(F)cc(C(F)(F)F)cc1C(F)(F)F. The summed E-state index contributed by atoms with van der Waals surface area (Å²) in [6.45, 7) is 1.87. The number of hydrogen-bond donors (Lipinski definition) is 1. The van der Waals surface area contributed by atoms with Crippen molar-refractivity contribution in [3.05, 3.63) is 34.6 Å². The highest BCUT2D eigenvalue weighted by atomic mass is 19.4. The van der Waals surface area contributed by atoms with Crippen molar-refractivity contribution < 1.29 is 30.7 Å². The average Bonchev–Trinajstić information content (AvgIpc) is 2.35. The van der Waals surface area contributed by atoms with Crippen molar-refractivity contribution in [3.8, 4) is 0 Å². The smallest absolute Gasteiger partial charge is 0.324 e. The topological polar surface area (TPSA) is 26.0 Å². The zero-order valence-corrected chi connectivity index (χ0v) is 11.8. The minimum atomic E-state index is -5.11. The average molecular weight is 331 g/mol. The van der Waals surface area contributed by atoms with E-state index < -0.39 is 40.9 Å². The van der Waals surface area contributed by atoms with E-state index in [-0.39, 0.29) is 18.6 Å². The molecule has 0 aliphatic heterocycles. The maximum absolute atomic E-state index is 13.9. The van der Waals surface area contributed by atoms with Crippen LogP contribution < -0.4 is 5.73 Å². The normalized spacial score (nSPS) is 14.2. The lowest BCUT2D eigenvalue weighted by Gasteiger charge is -2.21. The van der Waals surface area contributed by atoms with Crippen LogP contribution in [-0.2, 0) is 12.4 Å². The Morgan fingerprint density at radius 2 is 1.59 bits per heavy atom. The Bertz CT molecular complexity index is 505. The van der Waals surface area contributed by atoms with Crippen molar-refractivity contribution in [1.29, 1.82) is 0 Å². The van der Waals surface area contributed by atoms with Crippen molar-refractivity contribution in [3.63, 3.8) is 0 Å². The Hall–Kier alpha value is -1.31. The van der Waals surface area contributed by atoms with Crippen LogP contribution >= 0.6 is 0 Å². The minimum absolute atomic E-state index is 0.0598. The summed E-state index contributed by atoms with van der Waals surface area (Å²) in [6, 6.07) is -1.33. The molecular formula is C14H16F7N. The molecule has 126 valence electrons. The first kappa shape index (κ1) is 18.7. The predicted octanol–water partition coefficient (Wildman–Crippen LogP) is 5.44. The largest absolute Gasteiger partial charge is 0.416 e. The van der Waals surface area contributed by atoms with E-state index in [1.165, 1.54) is 0 Å². The van der Waals surface area contributed by atoms with Gasteiger partial charge in [0, 0.05) is 11.6 Å². The van der Waals surface area contributed by atoms with Gasteiger partial charge in [-0.25, -0.2) is 4.39 Å². The fraction of sp³-hybridized carbons (Fsp3) is 0.571. The molecule has 0 aromatic heterocycles. The summed E-state index contributed by atoms with van der Waals surface area (Å²) in [5.41, 5.74) is 1.32. The molecule has 0 spiro atoms. The Morgan fingerprint density at radius 1 is 1.00 bits per heavy atom. The summed E-state index contributed by atoms with van der Waals surface area (Å²) in [4.78, 5) is 0. The first-order valence-electron chi connectivity index (χ1n) is 6.71. The molecule has 1 nitrogen and oxygen atoms in total. The molecule has 0 aliphatic carbocycles. The van der Waals surface area contributed by atoms with Gasteiger partial charge < -0.3 is 5.73 Å². The number of halogens is 7. The Morgan fingerprint density at radius 3 is 2.05 bits per heavy atom. The molecule has 0 saturated carbocycles. The highest BCUT2D eigenvalue weighted by Gasteiger charge is 2.40. The van der Waals surface area contributed by atoms with E-state index >= 15 is 0 Å². The van der Waals surface area contributed by atoms with Gasteiger partial charge in [0.1, 0.15) is 5.82 Å². The van der Waals surface area contributed by atoms with Gasteiger partial charge in [-0.05, 0) is 18.6 Å². The van der Waals surface area contributed by atoms with Crippen LogP contribution in [0.4, 0.5) is 30.7 Å². The molecule has 1 rings (SSSR count). The van der Waals surface area contributed by atoms with Gasteiger partial charge in [-0.15, -0.1) is 0 Å². The lowest BCUT2D eigenvalue weighted by molar-refractivity contribution is -0.144. The Kier molecular flexibility index (Phi) is 5.83. The second kappa shape index (κ2) is 6.85. The second-order valence-electron chi connectivity index (χ2n) is 5.02. The molecule has 0 bridgehead atoms. The highest BCUT2D eigenvalue weighted by molar-refractivity contribution is 5.38. The van der Waals surface area contributed by atoms with Gasteiger partial charge >= 0.3 is 12.4 Å². The molecular weight excluding hydrogens is 315 g/mol. The van der Waals surface area contributed by atoms with E-state index in [1.54, 1.807) is 0 Å². The third kappa shape index (κ3) is 4.59. The second-order valence-corrected chi connectivity index (χ2v) is 5.02. The van der Waals surface area contributed by atoms with Crippen molar-refractivity contribution in [2.24, 2.45) is 5.73 Å². The molecule has 0 saturated heterocycles. The summed E-state index contributed by atoms with van der Waals surface area (Å²) in [6.07, 6.45) is -8.16. The van der Waals surface area contributed by atoms with Gasteiger partial charge in [0.2, 0.25) is 0 Å². The number of benzene rings is 1. The first-order valence-corrected chi connectivity index (χ1v) is 6.71. The number of rotatable bonds is 5. The maximum Gasteiger partial charge on any atom is 0.416 e. The quantitative estimate of drug-likeness (QED) is 0.564. The third-order valence-electron chi connectivity index (χ3n) is 3.25. The van der Waals surface area contributed by atoms with E-state index in [4.69, 9.17) is 5.73 Å². The molecule has 0 heterocycles. The molecule has 1 aromatic carbocycles. The van der Waals surface area contributed by atoms with Crippen molar-refractivity contribution in [2.75, 3.05) is 0 Å². The van der Waals surface area contributed by atoms with Crippen LogP contribution in [0.15, 0.2) is 12.1 Å². The van der Waals surface area contributed by atoms with E-state index in [1.807, 2.05) is 6.92 Å². The van der Waals surface area contributed by atoms with Crippen LogP contribution in [0, 0.1) is 5.82 Å². The summed E-state index contributed by atoms with van der Waals surface area (Å²) < 4.78 is 90.4. The van der Waals surface area contributed by atoms with Gasteiger partial charge in [-0.2, -0.15) is 26.3 Å². The molecule has 0 amide bonds. The van der Waals surface area contributed by atoms with Crippen LogP contribution in [0.5, 0.6) is 0 Å². The fourth-order valence-electron chi connectivity index (χ4n) is 2.15. The monoisotopic (exact) mass is 331 g/mol. The molecule has 0 unspecified atom stereocenters. The standard InChI is InChI=1S/C14H16F7N/c1-2-3-4-5-11(22)12-9(14(19,20)21)6-8(7-10(12)15)13(16,17)18/h6-7,11H,2-5,22H2,1H3/t11-/m1/s1. The van der Waals surface area contributed by atoms with Gasteiger partial charge in [0.25, 0.3) is 0 Å². The van der Waals surface area contributed by atoms with Crippen LogP contribution in [0.1, 0.15) is 55.3 Å². The molecule has 1 aromatic rings. The first-order chi connectivity index (χ1) is 9.98. The van der Waals surface area contributed by atoms with E-state index in [2.05, 4.69) is 0 Å². The van der Waals surface area contributed by atoms with Crippen LogP contribution in [0.2, 0.25) is 0 Å². The van der Waals surface area contributed by atoms with E-state index in [0.29, 0.717) is 12.8 Å². The van der Waals surface area contributed by atoms with Crippen molar-refractivity contribution >= 4 is 0 Å². The van der Waals surface area contributed by atoms with Gasteiger partial charge in [0.05, 0.1) is 11.1 Å². The summed E-state index contributed by atoms with van der Waals surface area (Å²) in [7, 11) is 0. The summed E-state index contributed by atoms with van der Waals surface area (Å²) in [5.74, 6) is -1.58. The molecule has 2 N–H and O–H groups in total. The minimum Gasteiger partial charge on any atom is -0.324 e. The van der Waals surface area contributed by atoms with Crippen molar-refractivity contribution in [1.82, 2.24) is 0 Å². The number of unbranched alkanes of at least 4 members (excludes halogenated alkanes) is 2. The summed E-state index contributed by atoms with van der Waals surface area (Å²) >= 11 is 0. The zero-order chi connectivity index (χ0) is 17.1. The number of hydrogen-bond acceptors (Lipinski definition) is 1. The molecule has 8 heteroatoms. The number of nitrogens with two attached hydrogens (primary N) is 1. The van der Waals surface area contributed by atoms with Gasteiger partial charge in [-0.3, -0.25) is 0 Å². The van der Waals surface area contributed by atoms with Gasteiger partial charge in [-0.1, -0.05) is 26.2 Å². The molecule has 1 atom stereocenters. The van der Waals surface area contributed by atoms with Crippen molar-refractivity contribution in [2.45, 2.75) is 51.0 Å². The lowest BCUT2D eigenvalue weighted by atomic mass is 9.93.